The van der Waals surface area contributed by atoms with Gasteiger partial charge in [-0.1, -0.05) is 27.7 Å². The van der Waals surface area contributed by atoms with E-state index in [1.807, 2.05) is 0 Å². The fraction of sp³-hybridized carbons (Fsp3) is 0.929. The summed E-state index contributed by atoms with van der Waals surface area (Å²) in [6.45, 7) is 13.5. The van der Waals surface area contributed by atoms with Crippen molar-refractivity contribution in [2.45, 2.75) is 66.3 Å². The van der Waals surface area contributed by atoms with Crippen molar-refractivity contribution in [1.82, 2.24) is 5.32 Å². The normalized spacial score (nSPS) is 14.5. The monoisotopic (exact) mass is 242 g/mol. The molecule has 0 spiro atoms. The van der Waals surface area contributed by atoms with Crippen molar-refractivity contribution in [3.63, 3.8) is 0 Å². The molecule has 1 unspecified atom stereocenters. The summed E-state index contributed by atoms with van der Waals surface area (Å²) in [6.07, 6.45) is 2.41. The second-order valence-electron chi connectivity index (χ2n) is 7.05. The first-order valence-corrected chi connectivity index (χ1v) is 6.57. The van der Waals surface area contributed by atoms with Gasteiger partial charge >= 0.3 is 0 Å². The third-order valence-electron chi connectivity index (χ3n) is 2.72. The van der Waals surface area contributed by atoms with Crippen LogP contribution < -0.4 is 11.1 Å². The van der Waals surface area contributed by atoms with Crippen LogP contribution >= 0.6 is 0 Å². The molecular weight excluding hydrogens is 212 g/mol. The van der Waals surface area contributed by atoms with Gasteiger partial charge in [-0.2, -0.15) is 0 Å². The molecule has 1 amide bonds. The Labute approximate surface area is 107 Å². The van der Waals surface area contributed by atoms with E-state index in [-0.39, 0.29) is 16.9 Å². The van der Waals surface area contributed by atoms with Crippen LogP contribution in [0.4, 0.5) is 0 Å². The fourth-order valence-electron chi connectivity index (χ4n) is 2.31. The van der Waals surface area contributed by atoms with Crippen molar-refractivity contribution in [3.8, 4) is 0 Å². The molecule has 0 saturated heterocycles. The maximum absolute atomic E-state index is 11.8. The number of hydrogen-bond acceptors (Lipinski definition) is 2. The Morgan fingerprint density at radius 3 is 2.18 bits per heavy atom. The molecule has 0 aromatic carbocycles. The molecule has 0 aromatic heterocycles. The van der Waals surface area contributed by atoms with Crippen LogP contribution in [0.3, 0.4) is 0 Å². The van der Waals surface area contributed by atoms with Gasteiger partial charge in [-0.15, -0.1) is 0 Å². The van der Waals surface area contributed by atoms with Gasteiger partial charge in [-0.3, -0.25) is 4.79 Å². The molecule has 0 saturated carbocycles. The van der Waals surface area contributed by atoms with Crippen LogP contribution in [0.25, 0.3) is 0 Å². The maximum atomic E-state index is 11.8. The van der Waals surface area contributed by atoms with Crippen molar-refractivity contribution in [2.24, 2.45) is 17.1 Å². The van der Waals surface area contributed by atoms with E-state index in [4.69, 9.17) is 5.73 Å². The number of rotatable bonds is 6. The van der Waals surface area contributed by atoms with Crippen LogP contribution in [0.15, 0.2) is 0 Å². The van der Waals surface area contributed by atoms with Crippen molar-refractivity contribution in [1.29, 1.82) is 0 Å². The molecule has 0 bridgehead atoms. The Kier molecular flexibility index (Phi) is 6.17. The first kappa shape index (κ1) is 16.4. The smallest absolute Gasteiger partial charge is 0.220 e. The van der Waals surface area contributed by atoms with E-state index in [2.05, 4.69) is 46.9 Å². The summed E-state index contributed by atoms with van der Waals surface area (Å²) in [5.41, 5.74) is 5.62. The Morgan fingerprint density at radius 2 is 1.76 bits per heavy atom. The van der Waals surface area contributed by atoms with Crippen molar-refractivity contribution in [2.75, 3.05) is 6.54 Å². The van der Waals surface area contributed by atoms with Crippen molar-refractivity contribution < 1.29 is 4.79 Å². The minimum Gasteiger partial charge on any atom is -0.351 e. The van der Waals surface area contributed by atoms with Gasteiger partial charge in [-0.25, -0.2) is 0 Å². The third kappa shape index (κ3) is 9.16. The molecule has 0 fully saturated rings. The summed E-state index contributed by atoms with van der Waals surface area (Å²) in [5, 5.41) is 3.11. The standard InChI is InChI=1S/C14H30N2O/c1-11(9-15)7-8-12(17)16-14(5,6)10-13(2,3)4/h11H,7-10,15H2,1-6H3,(H,16,17). The summed E-state index contributed by atoms with van der Waals surface area (Å²) in [5.74, 6) is 0.561. The van der Waals surface area contributed by atoms with Crippen LogP contribution in [0.5, 0.6) is 0 Å². The molecule has 0 rings (SSSR count). The molecule has 0 aliphatic rings. The highest BCUT2D eigenvalue weighted by Crippen LogP contribution is 2.26. The van der Waals surface area contributed by atoms with E-state index < -0.39 is 0 Å². The van der Waals surface area contributed by atoms with Crippen molar-refractivity contribution in [3.05, 3.63) is 0 Å². The second-order valence-corrected chi connectivity index (χ2v) is 7.05. The molecule has 17 heavy (non-hydrogen) atoms. The molecular formula is C14H30N2O. The first-order chi connectivity index (χ1) is 7.56. The zero-order chi connectivity index (χ0) is 13.7. The fourth-order valence-corrected chi connectivity index (χ4v) is 2.31. The van der Waals surface area contributed by atoms with Gasteiger partial charge in [0.25, 0.3) is 0 Å². The minimum absolute atomic E-state index is 0.138. The second kappa shape index (κ2) is 6.39. The van der Waals surface area contributed by atoms with E-state index in [0.29, 0.717) is 18.9 Å². The molecule has 0 radical (unpaired) electrons. The summed E-state index contributed by atoms with van der Waals surface area (Å²) in [4.78, 5) is 11.8. The highest BCUT2D eigenvalue weighted by Gasteiger charge is 2.26. The Hall–Kier alpha value is -0.570. The molecule has 3 heteroatoms. The highest BCUT2D eigenvalue weighted by atomic mass is 16.1. The van der Waals surface area contributed by atoms with Gasteiger partial charge in [0.05, 0.1) is 0 Å². The lowest BCUT2D eigenvalue weighted by Gasteiger charge is -2.33. The maximum Gasteiger partial charge on any atom is 0.220 e. The van der Waals surface area contributed by atoms with Crippen molar-refractivity contribution >= 4 is 5.91 Å². The average Bonchev–Trinajstić information content (AvgIpc) is 2.09. The van der Waals surface area contributed by atoms with Crippen LogP contribution in [0.1, 0.15) is 60.8 Å². The summed E-state index contributed by atoms with van der Waals surface area (Å²) < 4.78 is 0. The molecule has 0 aliphatic heterocycles. The highest BCUT2D eigenvalue weighted by molar-refractivity contribution is 5.76. The minimum atomic E-state index is -0.138. The van der Waals surface area contributed by atoms with Crippen LogP contribution in [0, 0.1) is 11.3 Å². The van der Waals surface area contributed by atoms with Gasteiger partial charge in [0, 0.05) is 12.0 Å². The third-order valence-corrected chi connectivity index (χ3v) is 2.72. The Morgan fingerprint density at radius 1 is 1.24 bits per heavy atom. The number of nitrogens with two attached hydrogens (primary N) is 1. The van der Waals surface area contributed by atoms with E-state index in [1.165, 1.54) is 0 Å². The van der Waals surface area contributed by atoms with Gasteiger partial charge < -0.3 is 11.1 Å². The number of nitrogens with one attached hydrogen (secondary N) is 1. The Bertz CT molecular complexity index is 241. The predicted octanol–water partition coefficient (Wildman–Crippen LogP) is 2.69. The Balaban J connectivity index is 4.10. The zero-order valence-corrected chi connectivity index (χ0v) is 12.4. The number of carbonyl (C=O) groups is 1. The zero-order valence-electron chi connectivity index (χ0n) is 12.4. The number of amides is 1. The lowest BCUT2D eigenvalue weighted by Crippen LogP contribution is -2.45. The largest absolute Gasteiger partial charge is 0.351 e. The van der Waals surface area contributed by atoms with Gasteiger partial charge in [0.1, 0.15) is 0 Å². The molecule has 0 heterocycles. The number of carbonyl (C=O) groups excluding carboxylic acids is 1. The first-order valence-electron chi connectivity index (χ1n) is 6.57. The van der Waals surface area contributed by atoms with Crippen LogP contribution in [-0.4, -0.2) is 18.0 Å². The summed E-state index contributed by atoms with van der Waals surface area (Å²) >= 11 is 0. The quantitative estimate of drug-likeness (QED) is 0.752. The van der Waals surface area contributed by atoms with Gasteiger partial charge in [0.15, 0.2) is 0 Å². The van der Waals surface area contributed by atoms with Crippen LogP contribution in [0.2, 0.25) is 0 Å². The molecule has 1 atom stereocenters. The molecule has 0 aliphatic carbocycles. The van der Waals surface area contributed by atoms with Crippen LogP contribution in [-0.2, 0) is 4.79 Å². The topological polar surface area (TPSA) is 55.1 Å². The molecule has 102 valence electrons. The molecule has 3 N–H and O–H groups in total. The summed E-state index contributed by atoms with van der Waals surface area (Å²) in [7, 11) is 0. The van der Waals surface area contributed by atoms with E-state index in [1.54, 1.807) is 0 Å². The van der Waals surface area contributed by atoms with E-state index in [0.717, 1.165) is 12.8 Å². The molecule has 3 nitrogen and oxygen atoms in total. The average molecular weight is 242 g/mol. The summed E-state index contributed by atoms with van der Waals surface area (Å²) in [6, 6.07) is 0. The van der Waals surface area contributed by atoms with E-state index >= 15 is 0 Å². The van der Waals surface area contributed by atoms with Gasteiger partial charge in [-0.05, 0) is 44.6 Å². The lowest BCUT2D eigenvalue weighted by molar-refractivity contribution is -0.123. The molecule has 0 aromatic rings. The number of hydrogen-bond donors (Lipinski definition) is 2. The lowest BCUT2D eigenvalue weighted by atomic mass is 9.81. The predicted molar refractivity (Wildman–Crippen MR) is 73.7 cm³/mol. The van der Waals surface area contributed by atoms with Gasteiger partial charge in [0.2, 0.25) is 5.91 Å². The van der Waals surface area contributed by atoms with E-state index in [9.17, 15) is 4.79 Å². The SMILES string of the molecule is CC(CN)CCC(=O)NC(C)(C)CC(C)(C)C.